The van der Waals surface area contributed by atoms with Crippen LogP contribution in [0.3, 0.4) is 0 Å². The highest BCUT2D eigenvalue weighted by atomic mass is 35.5. The first-order valence-corrected chi connectivity index (χ1v) is 6.40. The molecule has 2 amide bonds. The topological polar surface area (TPSA) is 71.3 Å². The van der Waals surface area contributed by atoms with Crippen LogP contribution < -0.4 is 10.6 Å². The molecule has 0 aliphatic heterocycles. The third-order valence-corrected chi connectivity index (χ3v) is 2.89. The molecule has 5 nitrogen and oxygen atoms in total. The molecule has 104 valence electrons. The van der Waals surface area contributed by atoms with Crippen LogP contribution >= 0.6 is 11.6 Å². The zero-order valence-electron chi connectivity index (χ0n) is 10.6. The summed E-state index contributed by atoms with van der Waals surface area (Å²) >= 11 is 5.89. The number of halogens is 1. The Morgan fingerprint density at radius 2 is 1.90 bits per heavy atom. The van der Waals surface area contributed by atoms with Crippen LogP contribution in [-0.4, -0.2) is 18.4 Å². The number of amides is 2. The third kappa shape index (κ3) is 3.86. The summed E-state index contributed by atoms with van der Waals surface area (Å²) in [6, 6.07) is 10.3. The summed E-state index contributed by atoms with van der Waals surface area (Å²) < 4.78 is 5.12. The van der Waals surface area contributed by atoms with Crippen LogP contribution in [0.2, 0.25) is 5.02 Å². The second-order valence-corrected chi connectivity index (χ2v) is 4.43. The number of rotatable bonds is 4. The Morgan fingerprint density at radius 1 is 1.10 bits per heavy atom. The maximum Gasteiger partial charge on any atom is 0.313 e. The van der Waals surface area contributed by atoms with Gasteiger partial charge in [-0.15, -0.1) is 0 Å². The van der Waals surface area contributed by atoms with Crippen molar-refractivity contribution in [2.24, 2.45) is 0 Å². The van der Waals surface area contributed by atoms with Crippen LogP contribution in [0, 0.1) is 0 Å². The van der Waals surface area contributed by atoms with Gasteiger partial charge in [-0.2, -0.15) is 0 Å². The lowest BCUT2D eigenvalue weighted by Gasteiger charge is -2.07. The number of para-hydroxylation sites is 1. The van der Waals surface area contributed by atoms with Crippen molar-refractivity contribution in [3.63, 3.8) is 0 Å². The third-order valence-electron chi connectivity index (χ3n) is 2.57. The molecule has 0 bridgehead atoms. The number of carbonyl (C=O) groups is 2. The molecule has 1 aromatic carbocycles. The Morgan fingerprint density at radius 3 is 2.60 bits per heavy atom. The molecule has 0 aliphatic carbocycles. The van der Waals surface area contributed by atoms with Gasteiger partial charge in [0.15, 0.2) is 0 Å². The first kappa shape index (κ1) is 14.1. The lowest BCUT2D eigenvalue weighted by Crippen LogP contribution is -2.36. The van der Waals surface area contributed by atoms with Crippen molar-refractivity contribution in [3.8, 4) is 0 Å². The van der Waals surface area contributed by atoms with Crippen molar-refractivity contribution >= 4 is 29.1 Å². The van der Waals surface area contributed by atoms with Gasteiger partial charge in [0.2, 0.25) is 0 Å². The number of hydrogen-bond donors (Lipinski definition) is 2. The monoisotopic (exact) mass is 292 g/mol. The molecule has 0 atom stereocenters. The zero-order valence-corrected chi connectivity index (χ0v) is 11.3. The number of anilines is 1. The SMILES string of the molecule is O=C(NCCc1ccco1)C(=O)Nc1ccccc1Cl. The fraction of sp³-hybridized carbons (Fsp3) is 0.143. The van der Waals surface area contributed by atoms with Gasteiger partial charge in [-0.3, -0.25) is 9.59 Å². The number of furan rings is 1. The molecule has 0 radical (unpaired) electrons. The lowest BCUT2D eigenvalue weighted by molar-refractivity contribution is -0.136. The first-order chi connectivity index (χ1) is 9.66. The summed E-state index contributed by atoms with van der Waals surface area (Å²) in [6.45, 7) is 0.322. The summed E-state index contributed by atoms with van der Waals surface area (Å²) in [5.41, 5.74) is 0.403. The van der Waals surface area contributed by atoms with Gasteiger partial charge in [0.1, 0.15) is 5.76 Å². The second-order valence-electron chi connectivity index (χ2n) is 4.02. The van der Waals surface area contributed by atoms with Crippen LogP contribution in [0.5, 0.6) is 0 Å². The van der Waals surface area contributed by atoms with E-state index in [0.717, 1.165) is 5.76 Å². The maximum atomic E-state index is 11.7. The van der Waals surface area contributed by atoms with Crippen molar-refractivity contribution in [1.29, 1.82) is 0 Å². The summed E-state index contributed by atoms with van der Waals surface area (Å²) in [7, 11) is 0. The van der Waals surface area contributed by atoms with Gasteiger partial charge in [-0.1, -0.05) is 23.7 Å². The van der Waals surface area contributed by atoms with Crippen LogP contribution in [0.1, 0.15) is 5.76 Å². The smallest absolute Gasteiger partial charge is 0.313 e. The Kier molecular flexibility index (Phi) is 4.79. The number of hydrogen-bond acceptors (Lipinski definition) is 3. The van der Waals surface area contributed by atoms with Crippen LogP contribution in [-0.2, 0) is 16.0 Å². The van der Waals surface area contributed by atoms with E-state index in [-0.39, 0.29) is 0 Å². The molecular formula is C14H13ClN2O3. The highest BCUT2D eigenvalue weighted by Crippen LogP contribution is 2.20. The number of carbonyl (C=O) groups excluding carboxylic acids is 2. The van der Waals surface area contributed by atoms with Crippen LogP contribution in [0.25, 0.3) is 0 Å². The largest absolute Gasteiger partial charge is 0.469 e. The normalized spacial score (nSPS) is 10.1. The van der Waals surface area contributed by atoms with E-state index in [1.165, 1.54) is 0 Å². The molecule has 20 heavy (non-hydrogen) atoms. The van der Waals surface area contributed by atoms with Crippen molar-refractivity contribution < 1.29 is 14.0 Å². The first-order valence-electron chi connectivity index (χ1n) is 6.03. The Labute approximate surface area is 120 Å². The van der Waals surface area contributed by atoms with Crippen molar-refractivity contribution in [2.75, 3.05) is 11.9 Å². The molecule has 0 aliphatic rings. The van der Waals surface area contributed by atoms with Crippen LogP contribution in [0.15, 0.2) is 47.1 Å². The summed E-state index contributed by atoms with van der Waals surface area (Å²) in [6.07, 6.45) is 2.08. The zero-order chi connectivity index (χ0) is 14.4. The van der Waals surface area contributed by atoms with Crippen molar-refractivity contribution in [1.82, 2.24) is 5.32 Å². The summed E-state index contributed by atoms with van der Waals surface area (Å²) in [5.74, 6) is -0.717. The predicted octanol–water partition coefficient (Wildman–Crippen LogP) is 2.23. The van der Waals surface area contributed by atoms with Crippen molar-refractivity contribution in [3.05, 3.63) is 53.4 Å². The van der Waals surface area contributed by atoms with Gasteiger partial charge in [-0.25, -0.2) is 0 Å². The molecule has 0 saturated heterocycles. The molecule has 6 heteroatoms. The minimum Gasteiger partial charge on any atom is -0.469 e. The molecule has 2 aromatic rings. The molecule has 1 heterocycles. The van der Waals surface area contributed by atoms with Gasteiger partial charge in [0.25, 0.3) is 0 Å². The molecule has 2 N–H and O–H groups in total. The number of nitrogens with one attached hydrogen (secondary N) is 2. The van der Waals surface area contributed by atoms with E-state index in [4.69, 9.17) is 16.0 Å². The quantitative estimate of drug-likeness (QED) is 0.849. The predicted molar refractivity (Wildman–Crippen MR) is 75.5 cm³/mol. The molecule has 0 spiro atoms. The molecule has 1 aromatic heterocycles. The minimum absolute atomic E-state index is 0.322. The molecule has 2 rings (SSSR count). The standard InChI is InChI=1S/C14H13ClN2O3/c15-11-5-1-2-6-12(11)17-14(19)13(18)16-8-7-10-4-3-9-20-10/h1-6,9H,7-8H2,(H,16,18)(H,17,19). The highest BCUT2D eigenvalue weighted by molar-refractivity contribution is 6.41. The fourth-order valence-corrected chi connectivity index (χ4v) is 1.76. The second kappa shape index (κ2) is 6.77. The van der Waals surface area contributed by atoms with E-state index in [0.29, 0.717) is 23.7 Å². The highest BCUT2D eigenvalue weighted by Gasteiger charge is 2.14. The Bertz CT molecular complexity index is 596. The molecule has 0 unspecified atom stereocenters. The Balaban J connectivity index is 1.80. The van der Waals surface area contributed by atoms with Gasteiger partial charge in [-0.05, 0) is 24.3 Å². The van der Waals surface area contributed by atoms with Gasteiger partial charge >= 0.3 is 11.8 Å². The van der Waals surface area contributed by atoms with E-state index in [1.54, 1.807) is 42.7 Å². The summed E-state index contributed by atoms with van der Waals surface area (Å²) in [4.78, 5) is 23.2. The maximum absolute atomic E-state index is 11.7. The van der Waals surface area contributed by atoms with Gasteiger partial charge in [0, 0.05) is 13.0 Å². The lowest BCUT2D eigenvalue weighted by atomic mass is 10.3. The number of benzene rings is 1. The van der Waals surface area contributed by atoms with E-state index in [9.17, 15) is 9.59 Å². The summed E-state index contributed by atoms with van der Waals surface area (Å²) in [5, 5.41) is 5.33. The van der Waals surface area contributed by atoms with Crippen molar-refractivity contribution in [2.45, 2.75) is 6.42 Å². The average Bonchev–Trinajstić information content (AvgIpc) is 2.94. The minimum atomic E-state index is -0.752. The molecule has 0 fully saturated rings. The van der Waals surface area contributed by atoms with Gasteiger partial charge < -0.3 is 15.1 Å². The van der Waals surface area contributed by atoms with E-state index >= 15 is 0 Å². The molecule has 0 saturated carbocycles. The van der Waals surface area contributed by atoms with Gasteiger partial charge in [0.05, 0.1) is 17.0 Å². The molecular weight excluding hydrogens is 280 g/mol. The van der Waals surface area contributed by atoms with E-state index in [1.807, 2.05) is 0 Å². The van der Waals surface area contributed by atoms with E-state index in [2.05, 4.69) is 10.6 Å². The Hall–Kier alpha value is -2.27. The van der Waals surface area contributed by atoms with E-state index < -0.39 is 11.8 Å². The van der Waals surface area contributed by atoms with Crippen LogP contribution in [0.4, 0.5) is 5.69 Å². The fourth-order valence-electron chi connectivity index (χ4n) is 1.58. The average molecular weight is 293 g/mol.